The SMILES string of the molecule is CC(C)CN(Cc1cccnc1C(=N)N)CC(C)C. The minimum absolute atomic E-state index is 0.0460. The van der Waals surface area contributed by atoms with Crippen LogP contribution in [0.5, 0.6) is 0 Å². The van der Waals surface area contributed by atoms with Crippen molar-refractivity contribution < 1.29 is 0 Å². The van der Waals surface area contributed by atoms with E-state index in [0.717, 1.165) is 25.2 Å². The smallest absolute Gasteiger partial charge is 0.142 e. The molecule has 19 heavy (non-hydrogen) atoms. The Morgan fingerprint density at radius 3 is 2.32 bits per heavy atom. The summed E-state index contributed by atoms with van der Waals surface area (Å²) < 4.78 is 0. The summed E-state index contributed by atoms with van der Waals surface area (Å²) in [6.07, 6.45) is 1.69. The van der Waals surface area contributed by atoms with Crippen molar-refractivity contribution in [3.63, 3.8) is 0 Å². The molecule has 0 spiro atoms. The largest absolute Gasteiger partial charge is 0.382 e. The Morgan fingerprint density at radius 2 is 1.84 bits per heavy atom. The van der Waals surface area contributed by atoms with Crippen molar-refractivity contribution in [2.24, 2.45) is 17.6 Å². The van der Waals surface area contributed by atoms with Crippen LogP contribution < -0.4 is 5.73 Å². The van der Waals surface area contributed by atoms with E-state index in [1.54, 1.807) is 6.20 Å². The molecule has 3 N–H and O–H groups in total. The first-order chi connectivity index (χ1) is 8.90. The molecule has 0 aliphatic rings. The van der Waals surface area contributed by atoms with Gasteiger partial charge in [0, 0.05) is 25.8 Å². The average molecular weight is 262 g/mol. The molecule has 4 heteroatoms. The Bertz CT molecular complexity index is 402. The highest BCUT2D eigenvalue weighted by Crippen LogP contribution is 2.12. The molecule has 1 aromatic rings. The number of pyridine rings is 1. The zero-order chi connectivity index (χ0) is 14.4. The van der Waals surface area contributed by atoms with Crippen molar-refractivity contribution in [3.8, 4) is 0 Å². The summed E-state index contributed by atoms with van der Waals surface area (Å²) >= 11 is 0. The predicted octanol–water partition coefficient (Wildman–Crippen LogP) is 2.48. The molecule has 0 amide bonds. The molecule has 0 aliphatic carbocycles. The zero-order valence-electron chi connectivity index (χ0n) is 12.5. The van der Waals surface area contributed by atoms with Crippen molar-refractivity contribution in [2.75, 3.05) is 13.1 Å². The van der Waals surface area contributed by atoms with Gasteiger partial charge in [-0.25, -0.2) is 0 Å². The van der Waals surface area contributed by atoms with Gasteiger partial charge in [-0.1, -0.05) is 33.8 Å². The van der Waals surface area contributed by atoms with E-state index < -0.39 is 0 Å². The van der Waals surface area contributed by atoms with Crippen molar-refractivity contribution in [3.05, 3.63) is 29.6 Å². The van der Waals surface area contributed by atoms with E-state index in [2.05, 4.69) is 37.6 Å². The minimum Gasteiger partial charge on any atom is -0.382 e. The normalized spacial score (nSPS) is 11.5. The average Bonchev–Trinajstić information content (AvgIpc) is 2.27. The second-order valence-electron chi connectivity index (χ2n) is 5.91. The van der Waals surface area contributed by atoms with Gasteiger partial charge in [-0.15, -0.1) is 0 Å². The fraction of sp³-hybridized carbons (Fsp3) is 0.600. The summed E-state index contributed by atoms with van der Waals surface area (Å²) in [5, 5.41) is 7.60. The summed E-state index contributed by atoms with van der Waals surface area (Å²) in [6.45, 7) is 11.8. The second kappa shape index (κ2) is 7.24. The lowest BCUT2D eigenvalue weighted by Crippen LogP contribution is -2.32. The highest BCUT2D eigenvalue weighted by Gasteiger charge is 2.13. The molecule has 4 nitrogen and oxygen atoms in total. The number of amidine groups is 1. The van der Waals surface area contributed by atoms with Crippen LogP contribution in [0.3, 0.4) is 0 Å². The molecule has 0 bridgehead atoms. The highest BCUT2D eigenvalue weighted by molar-refractivity contribution is 5.94. The van der Waals surface area contributed by atoms with Crippen LogP contribution in [0.1, 0.15) is 39.0 Å². The molecule has 0 radical (unpaired) electrons. The van der Waals surface area contributed by atoms with E-state index in [4.69, 9.17) is 11.1 Å². The molecular formula is C15H26N4. The fourth-order valence-electron chi connectivity index (χ4n) is 2.29. The maximum Gasteiger partial charge on any atom is 0.142 e. The van der Waals surface area contributed by atoms with Gasteiger partial charge in [-0.05, 0) is 23.5 Å². The first-order valence-electron chi connectivity index (χ1n) is 6.90. The van der Waals surface area contributed by atoms with Crippen LogP contribution in [-0.2, 0) is 6.54 Å². The van der Waals surface area contributed by atoms with Gasteiger partial charge in [0.05, 0.1) is 0 Å². The molecule has 0 aliphatic heterocycles. The number of nitrogen functional groups attached to an aromatic ring is 1. The van der Waals surface area contributed by atoms with Crippen LogP contribution in [0.2, 0.25) is 0 Å². The number of nitrogens with two attached hydrogens (primary N) is 1. The lowest BCUT2D eigenvalue weighted by molar-refractivity contribution is 0.211. The molecule has 1 aromatic heterocycles. The molecule has 0 atom stereocenters. The number of nitrogens with zero attached hydrogens (tertiary/aromatic N) is 2. The third kappa shape index (κ3) is 5.39. The Hall–Kier alpha value is -1.42. The van der Waals surface area contributed by atoms with Gasteiger partial charge in [0.25, 0.3) is 0 Å². The minimum atomic E-state index is 0.0460. The van der Waals surface area contributed by atoms with Gasteiger partial charge < -0.3 is 5.73 Å². The Morgan fingerprint density at radius 1 is 1.26 bits per heavy atom. The maximum absolute atomic E-state index is 7.60. The molecule has 0 fully saturated rings. The van der Waals surface area contributed by atoms with E-state index in [-0.39, 0.29) is 5.84 Å². The summed E-state index contributed by atoms with van der Waals surface area (Å²) in [5.41, 5.74) is 7.24. The predicted molar refractivity (Wildman–Crippen MR) is 80.2 cm³/mol. The van der Waals surface area contributed by atoms with Gasteiger partial charge in [0.2, 0.25) is 0 Å². The van der Waals surface area contributed by atoms with Crippen molar-refractivity contribution in [1.82, 2.24) is 9.88 Å². The molecule has 1 heterocycles. The summed E-state index contributed by atoms with van der Waals surface area (Å²) in [4.78, 5) is 6.63. The van der Waals surface area contributed by atoms with Crippen LogP contribution in [-0.4, -0.2) is 28.8 Å². The standard InChI is InChI=1S/C15H26N4/c1-11(2)8-19(9-12(3)4)10-13-6-5-7-18-14(13)15(16)17/h5-7,11-12H,8-10H2,1-4H3,(H3,16,17). The van der Waals surface area contributed by atoms with Gasteiger partial charge >= 0.3 is 0 Å². The Labute approximate surface area is 116 Å². The van der Waals surface area contributed by atoms with Crippen LogP contribution >= 0.6 is 0 Å². The van der Waals surface area contributed by atoms with Gasteiger partial charge in [-0.2, -0.15) is 0 Å². The molecule has 1 rings (SSSR count). The molecule has 0 aromatic carbocycles. The van der Waals surface area contributed by atoms with Gasteiger partial charge in [0.1, 0.15) is 11.5 Å². The molecule has 0 saturated carbocycles. The highest BCUT2D eigenvalue weighted by atomic mass is 15.1. The fourth-order valence-corrected chi connectivity index (χ4v) is 2.29. The van der Waals surface area contributed by atoms with E-state index in [0.29, 0.717) is 17.5 Å². The number of aromatic nitrogens is 1. The van der Waals surface area contributed by atoms with E-state index in [1.165, 1.54) is 0 Å². The maximum atomic E-state index is 7.60. The van der Waals surface area contributed by atoms with Gasteiger partial charge in [-0.3, -0.25) is 15.3 Å². The van der Waals surface area contributed by atoms with E-state index in [9.17, 15) is 0 Å². The van der Waals surface area contributed by atoms with Crippen LogP contribution in [0.15, 0.2) is 18.3 Å². The third-order valence-electron chi connectivity index (χ3n) is 2.79. The molecule has 0 unspecified atom stereocenters. The van der Waals surface area contributed by atoms with Crippen molar-refractivity contribution in [2.45, 2.75) is 34.2 Å². The summed E-state index contributed by atoms with van der Waals surface area (Å²) in [5.74, 6) is 1.29. The van der Waals surface area contributed by atoms with Crippen molar-refractivity contribution in [1.29, 1.82) is 5.41 Å². The number of hydrogen-bond donors (Lipinski definition) is 2. The first-order valence-corrected chi connectivity index (χ1v) is 6.90. The quantitative estimate of drug-likeness (QED) is 0.586. The van der Waals surface area contributed by atoms with E-state index >= 15 is 0 Å². The van der Waals surface area contributed by atoms with E-state index in [1.807, 2.05) is 12.1 Å². The van der Waals surface area contributed by atoms with Crippen LogP contribution in [0, 0.1) is 17.2 Å². The van der Waals surface area contributed by atoms with Crippen LogP contribution in [0.4, 0.5) is 0 Å². The van der Waals surface area contributed by atoms with Crippen LogP contribution in [0.25, 0.3) is 0 Å². The first kappa shape index (κ1) is 15.6. The number of nitrogens with one attached hydrogen (secondary N) is 1. The lowest BCUT2D eigenvalue weighted by Gasteiger charge is -2.26. The summed E-state index contributed by atoms with van der Waals surface area (Å²) in [7, 11) is 0. The molecule has 106 valence electrons. The Kier molecular flexibility index (Phi) is 5.96. The number of hydrogen-bond acceptors (Lipinski definition) is 3. The topological polar surface area (TPSA) is 66.0 Å². The summed E-state index contributed by atoms with van der Waals surface area (Å²) in [6, 6.07) is 3.92. The second-order valence-corrected chi connectivity index (χ2v) is 5.91. The van der Waals surface area contributed by atoms with Gasteiger partial charge in [0.15, 0.2) is 0 Å². The zero-order valence-corrected chi connectivity index (χ0v) is 12.5. The molecule has 0 saturated heterocycles. The monoisotopic (exact) mass is 262 g/mol. The third-order valence-corrected chi connectivity index (χ3v) is 2.79. The van der Waals surface area contributed by atoms with Crippen molar-refractivity contribution >= 4 is 5.84 Å². The Balaban J connectivity index is 2.86. The number of rotatable bonds is 7. The lowest BCUT2D eigenvalue weighted by atomic mass is 10.1. The molecular weight excluding hydrogens is 236 g/mol.